The smallest absolute Gasteiger partial charge is 0.0925 e. The van der Waals surface area contributed by atoms with E-state index in [1.807, 2.05) is 4.14 Å². The molecule has 0 fully saturated rings. The normalized spacial score (nSPS) is 12.8. The van der Waals surface area contributed by atoms with Gasteiger partial charge in [0.25, 0.3) is 0 Å². The minimum atomic E-state index is -0.0170. The molecular formula is C4H10IN3. The molecule has 0 atom stereocenters. The molecule has 0 aliphatic heterocycles. The molecule has 8 heavy (non-hydrogen) atoms. The van der Waals surface area contributed by atoms with Crippen molar-refractivity contribution in [3.63, 3.8) is 0 Å². The highest BCUT2D eigenvalue weighted by molar-refractivity contribution is 14.2. The Labute approximate surface area is 59.7 Å². The van der Waals surface area contributed by atoms with Crippen LogP contribution in [0.2, 0.25) is 0 Å². The van der Waals surface area contributed by atoms with Crippen molar-refractivity contribution in [2.45, 2.75) is 6.92 Å². The molecule has 0 aromatic heterocycles. The quantitative estimate of drug-likeness (QED) is 0.440. The van der Waals surface area contributed by atoms with E-state index in [0.717, 1.165) is 6.54 Å². The van der Waals surface area contributed by atoms with Crippen LogP contribution >= 0.6 is 21.0 Å². The van der Waals surface area contributed by atoms with E-state index in [0.29, 0.717) is 0 Å². The minimum absolute atomic E-state index is 0.0170. The first kappa shape index (κ1) is 8.16. The van der Waals surface area contributed by atoms with Crippen molar-refractivity contribution in [3.05, 3.63) is 0 Å². The Hall–Kier alpha value is 0.160. The van der Waals surface area contributed by atoms with Crippen molar-refractivity contribution >= 4 is 25.1 Å². The first-order valence-corrected chi connectivity index (χ1v) is 4.70. The summed E-state index contributed by atoms with van der Waals surface area (Å²) in [5.41, 5.74) is 0. The van der Waals surface area contributed by atoms with E-state index in [1.54, 1.807) is 7.05 Å². The lowest BCUT2D eigenvalue weighted by Crippen LogP contribution is -1.93. The van der Waals surface area contributed by atoms with Gasteiger partial charge in [-0.05, 0) is 21.0 Å². The fourth-order valence-corrected chi connectivity index (χ4v) is 1.19. The summed E-state index contributed by atoms with van der Waals surface area (Å²) < 4.78 is 5.03. The van der Waals surface area contributed by atoms with Crippen molar-refractivity contribution in [2.24, 2.45) is 10.2 Å². The number of nitrogens with zero attached hydrogens (tertiary/aromatic N) is 2. The van der Waals surface area contributed by atoms with Crippen molar-refractivity contribution in [2.75, 3.05) is 13.6 Å². The van der Waals surface area contributed by atoms with Gasteiger partial charge in [-0.3, -0.25) is 3.53 Å². The summed E-state index contributed by atoms with van der Waals surface area (Å²) in [5.74, 6) is 0. The van der Waals surface area contributed by atoms with Crippen molar-refractivity contribution in [3.8, 4) is 0 Å². The molecule has 0 heterocycles. The predicted octanol–water partition coefficient (Wildman–Crippen LogP) is 1.32. The van der Waals surface area contributed by atoms with Crippen molar-refractivity contribution in [1.29, 1.82) is 0 Å². The predicted molar refractivity (Wildman–Crippen MR) is 44.5 cm³/mol. The van der Waals surface area contributed by atoms with E-state index in [4.69, 9.17) is 0 Å². The molecule has 0 aliphatic carbocycles. The topological polar surface area (TPSA) is 36.8 Å². The Bertz CT molecular complexity index is 89.3. The standard InChI is InChI=1S/C4H10IN3/c1-3-7-5-4-8-6-2/h4,7H,3H2,1-2H3. The van der Waals surface area contributed by atoms with E-state index < -0.39 is 0 Å². The summed E-state index contributed by atoms with van der Waals surface area (Å²) in [6.07, 6.45) is 0. The van der Waals surface area contributed by atoms with E-state index >= 15 is 0 Å². The van der Waals surface area contributed by atoms with Gasteiger partial charge in [0, 0.05) is 13.6 Å². The van der Waals surface area contributed by atoms with Crippen LogP contribution in [0.1, 0.15) is 6.92 Å². The largest absolute Gasteiger partial charge is 0.265 e. The van der Waals surface area contributed by atoms with Gasteiger partial charge in [-0.15, -0.1) is 0 Å². The lowest BCUT2D eigenvalue weighted by atomic mass is 10.8. The van der Waals surface area contributed by atoms with Crippen LogP contribution in [0.25, 0.3) is 0 Å². The third-order valence-corrected chi connectivity index (χ3v) is 2.15. The fourth-order valence-electron chi connectivity index (χ4n) is 0.177. The SMILES string of the molecule is CCNI=CN=NC. The molecule has 0 bridgehead atoms. The molecule has 0 unspecified atom stereocenters. The number of nitrogens with one attached hydrogen (secondary N) is 1. The van der Waals surface area contributed by atoms with Crippen LogP contribution < -0.4 is 3.53 Å². The summed E-state index contributed by atoms with van der Waals surface area (Å²) in [6, 6.07) is 0. The molecule has 0 amide bonds. The molecule has 0 rings (SSSR count). The van der Waals surface area contributed by atoms with E-state index in [2.05, 4.69) is 20.7 Å². The molecule has 0 aromatic rings. The molecule has 4 heteroatoms. The number of hydrogen-bond donors (Lipinski definition) is 1. The Kier molecular flexibility index (Phi) is 7.30. The molecule has 0 spiro atoms. The summed E-state index contributed by atoms with van der Waals surface area (Å²) >= 11 is -0.0170. The van der Waals surface area contributed by atoms with Gasteiger partial charge in [0.05, 0.1) is 4.14 Å². The Balaban J connectivity index is 3.07. The van der Waals surface area contributed by atoms with Gasteiger partial charge in [-0.1, -0.05) is 6.92 Å². The van der Waals surface area contributed by atoms with Crippen molar-refractivity contribution in [1.82, 2.24) is 3.53 Å². The number of rotatable bonds is 3. The highest BCUT2D eigenvalue weighted by Gasteiger charge is 1.65. The maximum atomic E-state index is 3.70. The van der Waals surface area contributed by atoms with Crippen molar-refractivity contribution < 1.29 is 0 Å². The number of halogens is 1. The van der Waals surface area contributed by atoms with E-state index in [-0.39, 0.29) is 21.0 Å². The molecule has 0 saturated carbocycles. The average Bonchev–Trinajstić information content (AvgIpc) is 1.81. The lowest BCUT2D eigenvalue weighted by molar-refractivity contribution is 1.07. The summed E-state index contributed by atoms with van der Waals surface area (Å²) in [5, 5.41) is 7.26. The highest BCUT2D eigenvalue weighted by Crippen LogP contribution is 1.83. The molecule has 0 radical (unpaired) electrons. The second kappa shape index (κ2) is 7.16. The van der Waals surface area contributed by atoms with Crippen LogP contribution in [0.15, 0.2) is 10.2 Å². The van der Waals surface area contributed by atoms with Gasteiger partial charge >= 0.3 is 0 Å². The van der Waals surface area contributed by atoms with Gasteiger partial charge in [-0.2, -0.15) is 10.2 Å². The Morgan fingerprint density at radius 1 is 1.75 bits per heavy atom. The molecule has 3 nitrogen and oxygen atoms in total. The Morgan fingerprint density at radius 3 is 3.00 bits per heavy atom. The van der Waals surface area contributed by atoms with Gasteiger partial charge in [0.1, 0.15) is 0 Å². The molecule has 0 aromatic carbocycles. The van der Waals surface area contributed by atoms with Gasteiger partial charge in [0.15, 0.2) is 0 Å². The average molecular weight is 227 g/mol. The monoisotopic (exact) mass is 227 g/mol. The third kappa shape index (κ3) is 6.16. The molecule has 0 aliphatic rings. The van der Waals surface area contributed by atoms with Crippen LogP contribution in [-0.2, 0) is 0 Å². The fraction of sp³-hybridized carbons (Fsp3) is 0.750. The van der Waals surface area contributed by atoms with Crippen LogP contribution in [0.4, 0.5) is 0 Å². The molecule has 48 valence electrons. The molecule has 0 saturated heterocycles. The van der Waals surface area contributed by atoms with E-state index in [1.165, 1.54) is 0 Å². The second-order valence-corrected chi connectivity index (χ2v) is 2.95. The van der Waals surface area contributed by atoms with Gasteiger partial charge in [0.2, 0.25) is 0 Å². The number of azo groups is 1. The maximum absolute atomic E-state index is 3.70. The zero-order valence-electron chi connectivity index (χ0n) is 5.06. The Morgan fingerprint density at radius 2 is 2.50 bits per heavy atom. The van der Waals surface area contributed by atoms with Crippen LogP contribution in [0, 0.1) is 0 Å². The molecule has 1 N–H and O–H groups in total. The van der Waals surface area contributed by atoms with Gasteiger partial charge in [-0.25, -0.2) is 0 Å². The zero-order valence-corrected chi connectivity index (χ0v) is 7.21. The number of hydrogen-bond acceptors (Lipinski definition) is 3. The maximum Gasteiger partial charge on any atom is 0.0925 e. The zero-order chi connectivity index (χ0) is 6.24. The summed E-state index contributed by atoms with van der Waals surface area (Å²) in [6.45, 7) is 3.11. The second-order valence-electron chi connectivity index (χ2n) is 1.01. The minimum Gasteiger partial charge on any atom is -0.265 e. The van der Waals surface area contributed by atoms with Crippen LogP contribution in [0.3, 0.4) is 0 Å². The highest BCUT2D eigenvalue weighted by atomic mass is 127. The lowest BCUT2D eigenvalue weighted by Gasteiger charge is -1.81. The van der Waals surface area contributed by atoms with E-state index in [9.17, 15) is 0 Å². The van der Waals surface area contributed by atoms with Crippen LogP contribution in [-0.4, -0.2) is 17.7 Å². The molecular weight excluding hydrogens is 217 g/mol. The summed E-state index contributed by atoms with van der Waals surface area (Å²) in [7, 11) is 1.67. The van der Waals surface area contributed by atoms with Gasteiger partial charge < -0.3 is 0 Å². The third-order valence-electron chi connectivity index (χ3n) is 0.419. The van der Waals surface area contributed by atoms with Crippen LogP contribution in [0.5, 0.6) is 0 Å². The first-order valence-electron chi connectivity index (χ1n) is 2.37. The summed E-state index contributed by atoms with van der Waals surface area (Å²) in [4.78, 5) is 0. The first-order chi connectivity index (χ1) is 3.91.